The van der Waals surface area contributed by atoms with Crippen LogP contribution in [-0.2, 0) is 0 Å². The lowest BCUT2D eigenvalue weighted by molar-refractivity contribution is 0.669. The predicted molar refractivity (Wildman–Crippen MR) is 231 cm³/mol. The van der Waals surface area contributed by atoms with Gasteiger partial charge < -0.3 is 8.98 Å². The summed E-state index contributed by atoms with van der Waals surface area (Å²) in [4.78, 5) is 10.1. The normalized spacial score (nSPS) is 11.6. The van der Waals surface area contributed by atoms with Gasteiger partial charge in [0.2, 0.25) is 0 Å². The monoisotopic (exact) mass is 715 g/mol. The number of hydrogen-bond donors (Lipinski definition) is 0. The Kier molecular flexibility index (Phi) is 7.46. The molecule has 0 saturated heterocycles. The van der Waals surface area contributed by atoms with E-state index in [1.807, 2.05) is 36.4 Å². The Morgan fingerprint density at radius 1 is 0.321 bits per heavy atom. The van der Waals surface area contributed by atoms with Gasteiger partial charge in [-0.15, -0.1) is 0 Å². The van der Waals surface area contributed by atoms with E-state index >= 15 is 0 Å². The van der Waals surface area contributed by atoms with Crippen molar-refractivity contribution >= 4 is 43.7 Å². The van der Waals surface area contributed by atoms with Gasteiger partial charge in [-0.1, -0.05) is 140 Å². The average molecular weight is 716 g/mol. The first-order chi connectivity index (χ1) is 27.7. The Hall–Kier alpha value is -7.56. The molecule has 0 aliphatic heterocycles. The molecule has 0 amide bonds. The average Bonchev–Trinajstić information content (AvgIpc) is 3.81. The number of aromatic nitrogens is 3. The van der Waals surface area contributed by atoms with Crippen molar-refractivity contribution in [2.75, 3.05) is 0 Å². The maximum Gasteiger partial charge on any atom is 0.160 e. The Labute approximate surface area is 323 Å². The Morgan fingerprint density at radius 2 is 0.857 bits per heavy atom. The molecule has 0 spiro atoms. The van der Waals surface area contributed by atoms with Crippen molar-refractivity contribution in [2.24, 2.45) is 0 Å². The third-order valence-corrected chi connectivity index (χ3v) is 10.8. The minimum absolute atomic E-state index is 0.659. The van der Waals surface area contributed by atoms with E-state index in [0.717, 1.165) is 66.8 Å². The fraction of sp³-hybridized carbons (Fsp3) is 0. The van der Waals surface area contributed by atoms with Crippen LogP contribution in [0.4, 0.5) is 0 Å². The Bertz CT molecular complexity index is 3160. The number of para-hydroxylation sites is 1. The predicted octanol–water partition coefficient (Wildman–Crippen LogP) is 13.8. The quantitative estimate of drug-likeness (QED) is 0.172. The maximum absolute atomic E-state index is 6.50. The third kappa shape index (κ3) is 5.47. The molecule has 0 aliphatic carbocycles. The molecular weight excluding hydrogens is 683 g/mol. The summed E-state index contributed by atoms with van der Waals surface area (Å²) in [5.74, 6) is 0.659. The standard InChI is InChI=1S/C52H33N3O/c1-5-13-34(14-6-1)39-21-25-42-44-29-37(23-27-48(44)55(49(42)31-39)41-19-11-4-12-20-41)38-24-28-50-45(30-38)43-26-22-40(32-51(43)56-50)52-53-46(35-15-7-2-8-16-35)33-47(54-52)36-17-9-3-10-18-36/h1-33H. The number of fused-ring (bicyclic) bond motifs is 6. The summed E-state index contributed by atoms with van der Waals surface area (Å²) in [5, 5.41) is 4.58. The van der Waals surface area contributed by atoms with Gasteiger partial charge >= 0.3 is 0 Å². The molecule has 0 aliphatic rings. The fourth-order valence-corrected chi connectivity index (χ4v) is 8.05. The van der Waals surface area contributed by atoms with Crippen LogP contribution in [0.2, 0.25) is 0 Å². The molecule has 4 heteroatoms. The van der Waals surface area contributed by atoms with Crippen LogP contribution in [-0.4, -0.2) is 14.5 Å². The van der Waals surface area contributed by atoms with E-state index in [2.05, 4.69) is 168 Å². The van der Waals surface area contributed by atoms with Gasteiger partial charge in [0, 0.05) is 43.9 Å². The van der Waals surface area contributed by atoms with E-state index in [4.69, 9.17) is 14.4 Å². The van der Waals surface area contributed by atoms with Gasteiger partial charge in [0.15, 0.2) is 5.82 Å². The SMILES string of the molecule is c1ccc(-c2ccc3c4cc(-c5ccc6oc7cc(-c8nc(-c9ccccc9)cc(-c9ccccc9)n8)ccc7c6c5)ccc4n(-c4ccccc4)c3c2)cc1. The lowest BCUT2D eigenvalue weighted by Crippen LogP contribution is -1.95. The zero-order chi connectivity index (χ0) is 37.0. The highest BCUT2D eigenvalue weighted by atomic mass is 16.3. The number of nitrogens with zero attached hydrogens (tertiary/aromatic N) is 3. The van der Waals surface area contributed by atoms with E-state index in [-0.39, 0.29) is 0 Å². The van der Waals surface area contributed by atoms with Gasteiger partial charge in [-0.25, -0.2) is 9.97 Å². The summed E-state index contributed by atoms with van der Waals surface area (Å²) in [6.07, 6.45) is 0. The summed E-state index contributed by atoms with van der Waals surface area (Å²) in [6.45, 7) is 0. The zero-order valence-corrected chi connectivity index (χ0v) is 30.3. The highest BCUT2D eigenvalue weighted by Crippen LogP contribution is 2.39. The van der Waals surface area contributed by atoms with Crippen molar-refractivity contribution in [3.63, 3.8) is 0 Å². The van der Waals surface area contributed by atoms with Gasteiger partial charge in [-0.2, -0.15) is 0 Å². The zero-order valence-electron chi connectivity index (χ0n) is 30.3. The van der Waals surface area contributed by atoms with Gasteiger partial charge in [-0.05, 0) is 82.9 Å². The highest BCUT2D eigenvalue weighted by Gasteiger charge is 2.17. The van der Waals surface area contributed by atoms with Gasteiger partial charge in [0.25, 0.3) is 0 Å². The summed E-state index contributed by atoms with van der Waals surface area (Å²) in [6, 6.07) is 70.3. The van der Waals surface area contributed by atoms with Gasteiger partial charge in [0.05, 0.1) is 22.4 Å². The van der Waals surface area contributed by atoms with E-state index in [0.29, 0.717) is 5.82 Å². The molecule has 56 heavy (non-hydrogen) atoms. The molecule has 3 heterocycles. The fourth-order valence-electron chi connectivity index (χ4n) is 8.05. The largest absolute Gasteiger partial charge is 0.456 e. The van der Waals surface area contributed by atoms with Gasteiger partial charge in [0.1, 0.15) is 11.2 Å². The molecular formula is C52H33N3O. The lowest BCUT2D eigenvalue weighted by Gasteiger charge is -2.09. The molecule has 0 fully saturated rings. The second-order valence-electron chi connectivity index (χ2n) is 14.2. The Balaban J connectivity index is 1.01. The van der Waals surface area contributed by atoms with Crippen LogP contribution >= 0.6 is 0 Å². The van der Waals surface area contributed by atoms with Crippen LogP contribution in [0.15, 0.2) is 205 Å². The van der Waals surface area contributed by atoms with Crippen molar-refractivity contribution in [1.29, 1.82) is 0 Å². The molecule has 0 saturated carbocycles. The van der Waals surface area contributed by atoms with Crippen molar-refractivity contribution in [3.8, 4) is 61.8 Å². The van der Waals surface area contributed by atoms with Crippen molar-refractivity contribution in [1.82, 2.24) is 14.5 Å². The number of rotatable bonds is 6. The van der Waals surface area contributed by atoms with Crippen molar-refractivity contribution in [3.05, 3.63) is 200 Å². The molecule has 4 nitrogen and oxygen atoms in total. The second kappa shape index (κ2) is 13.1. The molecule has 0 bridgehead atoms. The number of furan rings is 1. The molecule has 0 N–H and O–H groups in total. The van der Waals surface area contributed by atoms with Crippen LogP contribution in [0.1, 0.15) is 0 Å². The van der Waals surface area contributed by atoms with Crippen LogP contribution < -0.4 is 0 Å². The highest BCUT2D eigenvalue weighted by molar-refractivity contribution is 6.12. The molecule has 11 aromatic rings. The summed E-state index contributed by atoms with van der Waals surface area (Å²) >= 11 is 0. The second-order valence-corrected chi connectivity index (χ2v) is 14.2. The Morgan fingerprint density at radius 3 is 1.54 bits per heavy atom. The summed E-state index contributed by atoms with van der Waals surface area (Å²) in [7, 11) is 0. The summed E-state index contributed by atoms with van der Waals surface area (Å²) < 4.78 is 8.89. The third-order valence-electron chi connectivity index (χ3n) is 10.8. The minimum atomic E-state index is 0.659. The lowest BCUT2D eigenvalue weighted by atomic mass is 9.99. The van der Waals surface area contributed by atoms with Crippen LogP contribution in [0.3, 0.4) is 0 Å². The molecule has 3 aromatic heterocycles. The van der Waals surface area contributed by atoms with Crippen molar-refractivity contribution in [2.45, 2.75) is 0 Å². The number of hydrogen-bond acceptors (Lipinski definition) is 3. The topological polar surface area (TPSA) is 43.9 Å². The van der Waals surface area contributed by atoms with Gasteiger partial charge in [-0.3, -0.25) is 0 Å². The smallest absolute Gasteiger partial charge is 0.160 e. The molecule has 0 unspecified atom stereocenters. The molecule has 0 atom stereocenters. The van der Waals surface area contributed by atoms with Crippen LogP contribution in [0, 0.1) is 0 Å². The molecule has 262 valence electrons. The molecule has 0 radical (unpaired) electrons. The first-order valence-electron chi connectivity index (χ1n) is 18.9. The number of benzene rings is 8. The van der Waals surface area contributed by atoms with Crippen molar-refractivity contribution < 1.29 is 4.42 Å². The van der Waals surface area contributed by atoms with E-state index in [1.54, 1.807) is 0 Å². The van der Waals surface area contributed by atoms with Crippen LogP contribution in [0.25, 0.3) is 106 Å². The van der Waals surface area contributed by atoms with E-state index in [1.165, 1.54) is 32.9 Å². The van der Waals surface area contributed by atoms with Crippen LogP contribution in [0.5, 0.6) is 0 Å². The molecule has 11 rings (SSSR count). The summed E-state index contributed by atoms with van der Waals surface area (Å²) in [5.41, 5.74) is 14.6. The van der Waals surface area contributed by atoms with E-state index < -0.39 is 0 Å². The first kappa shape index (κ1) is 31.9. The molecule has 8 aromatic carbocycles. The minimum Gasteiger partial charge on any atom is -0.456 e. The van der Waals surface area contributed by atoms with E-state index in [9.17, 15) is 0 Å². The maximum atomic E-state index is 6.50. The first-order valence-corrected chi connectivity index (χ1v) is 18.9.